The number of sulfonamides is 1. The average Bonchev–Trinajstić information content (AvgIpc) is 2.85. The van der Waals surface area contributed by atoms with Crippen molar-refractivity contribution in [2.45, 2.75) is 78.5 Å². The van der Waals surface area contributed by atoms with Crippen LogP contribution in [0, 0.1) is 5.41 Å². The Balaban J connectivity index is 1.84. The summed E-state index contributed by atoms with van der Waals surface area (Å²) in [6.45, 7) is 12.0. The lowest BCUT2D eigenvalue weighted by Crippen LogP contribution is -2.43. The molecule has 2 aromatic rings. The molecule has 38 heavy (non-hydrogen) atoms. The molecule has 0 bridgehead atoms. The van der Waals surface area contributed by atoms with E-state index >= 15 is 0 Å². The highest BCUT2D eigenvalue weighted by atomic mass is 32.2. The second-order valence-electron chi connectivity index (χ2n) is 11.9. The number of nitrogens with one attached hydrogen (secondary N) is 2. The number of ether oxygens (including phenoxy) is 1. The smallest absolute Gasteiger partial charge is 0.408 e. The van der Waals surface area contributed by atoms with Gasteiger partial charge in [-0.1, -0.05) is 105 Å². The number of alkyl carbamates (subject to hydrolysis) is 1. The molecule has 2 N–H and O–H groups in total. The number of benzene rings is 2. The molecule has 0 aromatic heterocycles. The Morgan fingerprint density at radius 2 is 1.39 bits per heavy atom. The summed E-state index contributed by atoms with van der Waals surface area (Å²) in [5.74, 6) is -0.0329. The topological polar surface area (TPSA) is 84.5 Å². The molecule has 0 saturated carbocycles. The van der Waals surface area contributed by atoms with Gasteiger partial charge in [0.05, 0.1) is 17.8 Å². The van der Waals surface area contributed by atoms with Crippen molar-refractivity contribution in [3.8, 4) is 0 Å². The Bertz CT molecular complexity index is 1240. The lowest BCUT2D eigenvalue weighted by atomic mass is 9.81. The van der Waals surface area contributed by atoms with Crippen molar-refractivity contribution in [3.05, 3.63) is 95.1 Å². The molecule has 0 heterocycles. The fourth-order valence-electron chi connectivity index (χ4n) is 4.45. The van der Waals surface area contributed by atoms with Crippen molar-refractivity contribution in [3.63, 3.8) is 0 Å². The van der Waals surface area contributed by atoms with Crippen LogP contribution in [0.25, 0.3) is 0 Å². The standard InChI is InChI=1S/C31H42N2O4S/c1-30(2,3)26-19-17-23(18-20-26)21-22-38(35,36)33-28(25-15-11-8-12-16-25)27(24-13-9-7-10-14-24)32-29(34)37-31(4,5)6/h7-17,20,27-28,33H,18-19,21-22H2,1-6H3,(H,32,34)/t27-,28-/m1/s1. The molecule has 2 atom stereocenters. The lowest BCUT2D eigenvalue weighted by Gasteiger charge is -2.31. The summed E-state index contributed by atoms with van der Waals surface area (Å²) >= 11 is 0. The van der Waals surface area contributed by atoms with Crippen LogP contribution in [0.4, 0.5) is 4.79 Å². The van der Waals surface area contributed by atoms with E-state index in [0.29, 0.717) is 6.42 Å². The maximum absolute atomic E-state index is 13.4. The van der Waals surface area contributed by atoms with E-state index < -0.39 is 33.8 Å². The van der Waals surface area contributed by atoms with Crippen LogP contribution in [0.1, 0.15) is 84.0 Å². The first-order valence-electron chi connectivity index (χ1n) is 13.2. The molecular formula is C31H42N2O4S. The van der Waals surface area contributed by atoms with Gasteiger partial charge in [0.25, 0.3) is 0 Å². The van der Waals surface area contributed by atoms with Crippen molar-refractivity contribution >= 4 is 16.1 Å². The third-order valence-electron chi connectivity index (χ3n) is 6.51. The van der Waals surface area contributed by atoms with Crippen LogP contribution in [-0.2, 0) is 14.8 Å². The Kier molecular flexibility index (Phi) is 9.60. The lowest BCUT2D eigenvalue weighted by molar-refractivity contribution is 0.0493. The van der Waals surface area contributed by atoms with Crippen LogP contribution >= 0.6 is 0 Å². The molecule has 0 saturated heterocycles. The Morgan fingerprint density at radius 1 is 0.842 bits per heavy atom. The van der Waals surface area contributed by atoms with Crippen molar-refractivity contribution in [1.29, 1.82) is 0 Å². The third-order valence-corrected chi connectivity index (χ3v) is 7.86. The largest absolute Gasteiger partial charge is 0.444 e. The van der Waals surface area contributed by atoms with Gasteiger partial charge >= 0.3 is 6.09 Å². The summed E-state index contributed by atoms with van der Waals surface area (Å²) in [6, 6.07) is 17.3. The van der Waals surface area contributed by atoms with E-state index in [1.54, 1.807) is 20.8 Å². The maximum atomic E-state index is 13.4. The van der Waals surface area contributed by atoms with Crippen molar-refractivity contribution in [2.24, 2.45) is 5.41 Å². The van der Waals surface area contributed by atoms with Crippen LogP contribution in [0.3, 0.4) is 0 Å². The van der Waals surface area contributed by atoms with Gasteiger partial charge in [0.15, 0.2) is 0 Å². The highest BCUT2D eigenvalue weighted by Crippen LogP contribution is 2.34. The Labute approximate surface area is 228 Å². The van der Waals surface area contributed by atoms with Gasteiger partial charge in [-0.05, 0) is 56.6 Å². The van der Waals surface area contributed by atoms with Crippen molar-refractivity contribution in [1.82, 2.24) is 10.0 Å². The van der Waals surface area contributed by atoms with E-state index in [-0.39, 0.29) is 11.2 Å². The Hall–Kier alpha value is -2.90. The third kappa shape index (κ3) is 9.14. The maximum Gasteiger partial charge on any atom is 0.408 e. The summed E-state index contributed by atoms with van der Waals surface area (Å²) < 4.78 is 35.3. The van der Waals surface area contributed by atoms with Crippen LogP contribution < -0.4 is 10.0 Å². The monoisotopic (exact) mass is 538 g/mol. The molecule has 0 aliphatic heterocycles. The molecule has 0 unspecified atom stereocenters. The van der Waals surface area contributed by atoms with Crippen LogP contribution in [-0.4, -0.2) is 25.9 Å². The number of carbonyl (C=O) groups is 1. The highest BCUT2D eigenvalue weighted by molar-refractivity contribution is 7.89. The molecule has 206 valence electrons. The molecule has 1 aliphatic rings. The van der Waals surface area contributed by atoms with Gasteiger partial charge in [-0.2, -0.15) is 0 Å². The normalized spacial score (nSPS) is 16.2. The fraction of sp³-hybridized carbons (Fsp3) is 0.452. The minimum atomic E-state index is -3.70. The second kappa shape index (κ2) is 12.3. The van der Waals surface area contributed by atoms with E-state index in [1.165, 1.54) is 5.57 Å². The van der Waals surface area contributed by atoms with Gasteiger partial charge in [-0.15, -0.1) is 0 Å². The summed E-state index contributed by atoms with van der Waals surface area (Å²) in [6.07, 6.45) is 5.88. The van der Waals surface area contributed by atoms with E-state index in [0.717, 1.165) is 29.5 Å². The Morgan fingerprint density at radius 3 is 1.87 bits per heavy atom. The van der Waals surface area contributed by atoms with E-state index in [1.807, 2.05) is 60.7 Å². The minimum Gasteiger partial charge on any atom is -0.444 e. The van der Waals surface area contributed by atoms with Crippen LogP contribution in [0.2, 0.25) is 0 Å². The van der Waals surface area contributed by atoms with Gasteiger partial charge in [0.1, 0.15) is 5.60 Å². The SMILES string of the molecule is CC(C)(C)OC(=O)N[C@H](c1ccccc1)[C@H](NS(=O)(=O)CCC1=CCC(C(C)(C)C)=CC1)c1ccccc1. The van der Waals surface area contributed by atoms with Gasteiger partial charge < -0.3 is 10.1 Å². The average molecular weight is 539 g/mol. The molecule has 6 nitrogen and oxygen atoms in total. The molecule has 2 aromatic carbocycles. The number of carbonyl (C=O) groups excluding carboxylic acids is 1. The number of allylic oxidation sites excluding steroid dienone is 4. The molecule has 3 rings (SSSR count). The fourth-order valence-corrected chi connectivity index (χ4v) is 5.76. The predicted octanol–water partition coefficient (Wildman–Crippen LogP) is 7.00. The molecule has 0 spiro atoms. The van der Waals surface area contributed by atoms with E-state index in [2.05, 4.69) is 43.0 Å². The minimum absolute atomic E-state index is 0.0329. The second-order valence-corrected chi connectivity index (χ2v) is 13.7. The molecule has 0 radical (unpaired) electrons. The number of hydrogen-bond donors (Lipinski definition) is 2. The predicted molar refractivity (Wildman–Crippen MR) is 154 cm³/mol. The summed E-state index contributed by atoms with van der Waals surface area (Å²) in [5.41, 5.74) is 3.45. The number of amides is 1. The zero-order valence-electron chi connectivity index (χ0n) is 23.5. The molecular weight excluding hydrogens is 496 g/mol. The van der Waals surface area contributed by atoms with Gasteiger partial charge in [-0.25, -0.2) is 17.9 Å². The van der Waals surface area contributed by atoms with E-state index in [4.69, 9.17) is 4.74 Å². The van der Waals surface area contributed by atoms with Gasteiger partial charge in [0.2, 0.25) is 10.0 Å². The van der Waals surface area contributed by atoms with Crippen molar-refractivity contribution < 1.29 is 17.9 Å². The molecule has 1 amide bonds. The molecule has 0 fully saturated rings. The summed E-state index contributed by atoms with van der Waals surface area (Å²) in [7, 11) is -3.70. The number of hydrogen-bond acceptors (Lipinski definition) is 4. The zero-order chi connectivity index (χ0) is 28.0. The number of rotatable bonds is 9. The summed E-state index contributed by atoms with van der Waals surface area (Å²) in [4.78, 5) is 12.8. The van der Waals surface area contributed by atoms with Crippen LogP contribution in [0.15, 0.2) is 84.0 Å². The van der Waals surface area contributed by atoms with Gasteiger partial charge in [-0.3, -0.25) is 0 Å². The van der Waals surface area contributed by atoms with Crippen LogP contribution in [0.5, 0.6) is 0 Å². The molecule has 7 heteroatoms. The first kappa shape index (κ1) is 29.7. The quantitative estimate of drug-likeness (QED) is 0.337. The van der Waals surface area contributed by atoms with E-state index in [9.17, 15) is 13.2 Å². The first-order valence-corrected chi connectivity index (χ1v) is 14.9. The zero-order valence-corrected chi connectivity index (χ0v) is 24.3. The highest BCUT2D eigenvalue weighted by Gasteiger charge is 2.32. The van der Waals surface area contributed by atoms with Crippen molar-refractivity contribution in [2.75, 3.05) is 5.75 Å². The van der Waals surface area contributed by atoms with Gasteiger partial charge in [0, 0.05) is 0 Å². The first-order chi connectivity index (χ1) is 17.7. The summed E-state index contributed by atoms with van der Waals surface area (Å²) in [5, 5.41) is 2.93. The molecule has 1 aliphatic carbocycles.